The summed E-state index contributed by atoms with van der Waals surface area (Å²) in [6.45, 7) is 1.39. The van der Waals surface area contributed by atoms with E-state index in [9.17, 15) is 9.18 Å². The Morgan fingerprint density at radius 2 is 1.88 bits per heavy atom. The minimum atomic E-state index is -0.484. The van der Waals surface area contributed by atoms with Crippen molar-refractivity contribution in [1.82, 2.24) is 0 Å². The number of methoxy groups -OCH3 is 1. The standard InChI is InChI=1S/C19H19FO6/c1-22-16-11-13(12-17-18(16)25-10-9-24-17)19(21)26-8-2-7-23-15-5-3-14(20)4-6-15/h3-6,11-12H,2,7-10H2,1H3. The Morgan fingerprint density at radius 3 is 2.65 bits per heavy atom. The van der Waals surface area contributed by atoms with Crippen molar-refractivity contribution < 1.29 is 32.9 Å². The van der Waals surface area contributed by atoms with Crippen molar-refractivity contribution in [2.24, 2.45) is 0 Å². The third kappa shape index (κ3) is 4.36. The first kappa shape index (κ1) is 17.8. The maximum Gasteiger partial charge on any atom is 0.338 e. The summed E-state index contributed by atoms with van der Waals surface area (Å²) in [4.78, 5) is 12.2. The van der Waals surface area contributed by atoms with Crippen LogP contribution in [0.5, 0.6) is 23.0 Å². The number of carbonyl (C=O) groups is 1. The fourth-order valence-corrected chi connectivity index (χ4v) is 2.42. The lowest BCUT2D eigenvalue weighted by Gasteiger charge is -2.21. The van der Waals surface area contributed by atoms with Crippen molar-refractivity contribution >= 4 is 5.97 Å². The average molecular weight is 362 g/mol. The molecular formula is C19H19FO6. The lowest BCUT2D eigenvalue weighted by molar-refractivity contribution is 0.0484. The van der Waals surface area contributed by atoms with Gasteiger partial charge in [0, 0.05) is 6.42 Å². The molecule has 0 atom stereocenters. The van der Waals surface area contributed by atoms with E-state index in [0.717, 1.165) is 0 Å². The summed E-state index contributed by atoms with van der Waals surface area (Å²) in [7, 11) is 1.50. The molecule has 0 bridgehead atoms. The Balaban J connectivity index is 1.49. The number of benzene rings is 2. The highest BCUT2D eigenvalue weighted by Gasteiger charge is 2.21. The number of hydrogen-bond donors (Lipinski definition) is 0. The Labute approximate surface area is 150 Å². The maximum absolute atomic E-state index is 12.8. The summed E-state index contributed by atoms with van der Waals surface area (Å²) < 4.78 is 39.7. The maximum atomic E-state index is 12.8. The third-order valence-corrected chi connectivity index (χ3v) is 3.67. The van der Waals surface area contributed by atoms with Crippen LogP contribution < -0.4 is 18.9 Å². The number of halogens is 1. The van der Waals surface area contributed by atoms with Crippen molar-refractivity contribution in [3.05, 3.63) is 47.8 Å². The monoisotopic (exact) mass is 362 g/mol. The number of rotatable bonds is 7. The second-order valence-corrected chi connectivity index (χ2v) is 5.49. The van der Waals surface area contributed by atoms with Gasteiger partial charge in [0.25, 0.3) is 0 Å². The molecule has 0 radical (unpaired) electrons. The van der Waals surface area contributed by atoms with E-state index in [1.165, 1.54) is 19.2 Å². The van der Waals surface area contributed by atoms with Gasteiger partial charge < -0.3 is 23.7 Å². The molecule has 2 aromatic rings. The Bertz CT molecular complexity index is 742. The third-order valence-electron chi connectivity index (χ3n) is 3.67. The van der Waals surface area contributed by atoms with E-state index >= 15 is 0 Å². The molecule has 2 aromatic carbocycles. The van der Waals surface area contributed by atoms with Gasteiger partial charge in [-0.25, -0.2) is 9.18 Å². The van der Waals surface area contributed by atoms with Crippen LogP contribution in [0.2, 0.25) is 0 Å². The average Bonchev–Trinajstić information content (AvgIpc) is 2.68. The van der Waals surface area contributed by atoms with Crippen LogP contribution >= 0.6 is 0 Å². The van der Waals surface area contributed by atoms with Crippen LogP contribution in [-0.2, 0) is 4.74 Å². The highest BCUT2D eigenvalue weighted by atomic mass is 19.1. The van der Waals surface area contributed by atoms with Gasteiger partial charge in [-0.2, -0.15) is 0 Å². The molecule has 0 aromatic heterocycles. The summed E-state index contributed by atoms with van der Waals surface area (Å²) >= 11 is 0. The van der Waals surface area contributed by atoms with Crippen molar-refractivity contribution in [1.29, 1.82) is 0 Å². The molecule has 7 heteroatoms. The first-order valence-electron chi connectivity index (χ1n) is 8.20. The van der Waals surface area contributed by atoms with Crippen molar-refractivity contribution in [2.45, 2.75) is 6.42 Å². The quantitative estimate of drug-likeness (QED) is 0.557. The minimum absolute atomic E-state index is 0.191. The van der Waals surface area contributed by atoms with Crippen LogP contribution in [-0.4, -0.2) is 39.5 Å². The summed E-state index contributed by atoms with van der Waals surface area (Å²) in [5.41, 5.74) is 0.325. The Hall–Kier alpha value is -2.96. The normalized spacial score (nSPS) is 12.4. The molecule has 3 rings (SSSR count). The zero-order valence-electron chi connectivity index (χ0n) is 14.3. The van der Waals surface area contributed by atoms with Gasteiger partial charge in [0.1, 0.15) is 24.8 Å². The van der Waals surface area contributed by atoms with Crippen LogP contribution in [0.25, 0.3) is 0 Å². The number of fused-ring (bicyclic) bond motifs is 1. The van der Waals surface area contributed by atoms with Crippen LogP contribution in [0.1, 0.15) is 16.8 Å². The van der Waals surface area contributed by atoms with E-state index in [1.54, 1.807) is 24.3 Å². The molecule has 1 aliphatic heterocycles. The van der Waals surface area contributed by atoms with Crippen molar-refractivity contribution in [3.63, 3.8) is 0 Å². The molecule has 1 heterocycles. The first-order chi connectivity index (χ1) is 12.7. The molecule has 26 heavy (non-hydrogen) atoms. The second-order valence-electron chi connectivity index (χ2n) is 5.49. The van der Waals surface area contributed by atoms with Crippen LogP contribution in [0.3, 0.4) is 0 Å². The molecule has 138 valence electrons. The predicted molar refractivity (Wildman–Crippen MR) is 90.8 cm³/mol. The number of esters is 1. The molecule has 0 N–H and O–H groups in total. The molecule has 0 unspecified atom stereocenters. The molecule has 0 aliphatic carbocycles. The Morgan fingerprint density at radius 1 is 1.12 bits per heavy atom. The highest BCUT2D eigenvalue weighted by Crippen LogP contribution is 2.40. The molecule has 1 aliphatic rings. The molecule has 0 amide bonds. The van der Waals surface area contributed by atoms with Gasteiger partial charge >= 0.3 is 5.97 Å². The molecular weight excluding hydrogens is 343 g/mol. The number of ether oxygens (including phenoxy) is 5. The summed E-state index contributed by atoms with van der Waals surface area (Å²) in [6, 6.07) is 8.88. The second kappa shape index (κ2) is 8.42. The molecule has 0 saturated heterocycles. The number of carbonyl (C=O) groups excluding carboxylic acids is 1. The highest BCUT2D eigenvalue weighted by molar-refractivity contribution is 5.91. The zero-order valence-corrected chi connectivity index (χ0v) is 14.3. The van der Waals surface area contributed by atoms with Gasteiger partial charge in [0.05, 0.1) is 25.9 Å². The SMILES string of the molecule is COc1cc(C(=O)OCCCOc2ccc(F)cc2)cc2c1OCCO2. The topological polar surface area (TPSA) is 63.2 Å². The minimum Gasteiger partial charge on any atom is -0.493 e. The van der Waals surface area contributed by atoms with E-state index in [2.05, 4.69) is 0 Å². The van der Waals surface area contributed by atoms with Gasteiger partial charge in [-0.05, 0) is 36.4 Å². The number of hydrogen-bond acceptors (Lipinski definition) is 6. The zero-order chi connectivity index (χ0) is 18.4. The summed E-state index contributed by atoms with van der Waals surface area (Å²) in [5, 5.41) is 0. The van der Waals surface area contributed by atoms with Gasteiger partial charge in [-0.15, -0.1) is 0 Å². The first-order valence-corrected chi connectivity index (χ1v) is 8.20. The lowest BCUT2D eigenvalue weighted by Crippen LogP contribution is -2.17. The van der Waals surface area contributed by atoms with E-state index in [4.69, 9.17) is 23.7 Å². The molecule has 0 fully saturated rings. The molecule has 0 saturated carbocycles. The molecule has 6 nitrogen and oxygen atoms in total. The van der Waals surface area contributed by atoms with Crippen LogP contribution in [0.15, 0.2) is 36.4 Å². The largest absolute Gasteiger partial charge is 0.493 e. The van der Waals surface area contributed by atoms with E-state index in [0.29, 0.717) is 54.8 Å². The fraction of sp³-hybridized carbons (Fsp3) is 0.316. The van der Waals surface area contributed by atoms with Crippen molar-refractivity contribution in [3.8, 4) is 23.0 Å². The van der Waals surface area contributed by atoms with Crippen LogP contribution in [0.4, 0.5) is 4.39 Å². The van der Waals surface area contributed by atoms with Crippen LogP contribution in [0, 0.1) is 5.82 Å². The summed E-state index contributed by atoms with van der Waals surface area (Å²) in [5.74, 6) is 1.14. The summed E-state index contributed by atoms with van der Waals surface area (Å²) in [6.07, 6.45) is 0.505. The van der Waals surface area contributed by atoms with E-state index in [-0.39, 0.29) is 12.4 Å². The van der Waals surface area contributed by atoms with Gasteiger partial charge in [0.2, 0.25) is 5.75 Å². The molecule has 0 spiro atoms. The van der Waals surface area contributed by atoms with E-state index in [1.807, 2.05) is 0 Å². The Kier molecular flexibility index (Phi) is 5.78. The van der Waals surface area contributed by atoms with E-state index < -0.39 is 5.97 Å². The van der Waals surface area contributed by atoms with Crippen molar-refractivity contribution in [2.75, 3.05) is 33.5 Å². The lowest BCUT2D eigenvalue weighted by atomic mass is 10.1. The van der Waals surface area contributed by atoms with Gasteiger partial charge in [-0.1, -0.05) is 0 Å². The predicted octanol–water partition coefficient (Wildman–Crippen LogP) is 3.23. The van der Waals surface area contributed by atoms with Gasteiger partial charge in [0.15, 0.2) is 11.5 Å². The van der Waals surface area contributed by atoms with Gasteiger partial charge in [-0.3, -0.25) is 0 Å². The fourth-order valence-electron chi connectivity index (χ4n) is 2.42. The smallest absolute Gasteiger partial charge is 0.338 e.